The molecular weight excluding hydrogens is 342 g/mol. The molecule has 0 saturated carbocycles. The molecule has 25 heavy (non-hydrogen) atoms. The first-order valence-electron chi connectivity index (χ1n) is 9.04. The topological polar surface area (TPSA) is 83.8 Å². The maximum Gasteiger partial charge on any atom is 0.270 e. The third-order valence-corrected chi connectivity index (χ3v) is 6.96. The quantitative estimate of drug-likeness (QED) is 0.603. The fourth-order valence-corrected chi connectivity index (χ4v) is 5.39. The van der Waals surface area contributed by atoms with Crippen molar-refractivity contribution in [2.45, 2.75) is 49.8 Å². The highest BCUT2D eigenvalue weighted by Gasteiger charge is 2.32. The van der Waals surface area contributed by atoms with Gasteiger partial charge in [-0.25, -0.2) is 8.42 Å². The van der Waals surface area contributed by atoms with E-state index in [1.807, 2.05) is 0 Å². The molecular formula is C17H25N3O4S. The normalized spacial score (nSPS) is 20.2. The molecule has 2 aliphatic rings. The van der Waals surface area contributed by atoms with Crippen molar-refractivity contribution in [2.75, 3.05) is 31.1 Å². The highest BCUT2D eigenvalue weighted by Crippen LogP contribution is 2.34. The van der Waals surface area contributed by atoms with Gasteiger partial charge in [-0.05, 0) is 31.7 Å². The van der Waals surface area contributed by atoms with Crippen molar-refractivity contribution in [1.29, 1.82) is 0 Å². The van der Waals surface area contributed by atoms with Crippen LogP contribution in [0.1, 0.15) is 44.9 Å². The van der Waals surface area contributed by atoms with E-state index in [1.54, 1.807) is 6.07 Å². The van der Waals surface area contributed by atoms with Crippen molar-refractivity contribution in [3.63, 3.8) is 0 Å². The Hall–Kier alpha value is -1.67. The van der Waals surface area contributed by atoms with Crippen LogP contribution in [0.3, 0.4) is 0 Å². The van der Waals surface area contributed by atoms with Crippen LogP contribution in [-0.4, -0.2) is 43.8 Å². The van der Waals surface area contributed by atoms with Crippen molar-refractivity contribution < 1.29 is 13.3 Å². The number of non-ortho nitro benzene ring substituents is 1. The molecule has 2 fully saturated rings. The number of hydrogen-bond donors (Lipinski definition) is 0. The Labute approximate surface area is 148 Å². The SMILES string of the molecule is O=[N+]([O-])c1ccc(N2CCCCCCC2)c(S(=O)(=O)N2CCCC2)c1. The largest absolute Gasteiger partial charge is 0.370 e. The summed E-state index contributed by atoms with van der Waals surface area (Å²) in [6.07, 6.45) is 7.20. The molecule has 138 valence electrons. The molecule has 0 N–H and O–H groups in total. The van der Waals surface area contributed by atoms with Gasteiger partial charge in [0.2, 0.25) is 10.0 Å². The van der Waals surface area contributed by atoms with E-state index in [4.69, 9.17) is 0 Å². The zero-order valence-corrected chi connectivity index (χ0v) is 15.2. The molecule has 2 aliphatic heterocycles. The summed E-state index contributed by atoms with van der Waals surface area (Å²) in [5.74, 6) is 0. The average Bonchev–Trinajstić information content (AvgIpc) is 3.09. The smallest absolute Gasteiger partial charge is 0.270 e. The molecule has 7 nitrogen and oxygen atoms in total. The Balaban J connectivity index is 2.03. The summed E-state index contributed by atoms with van der Waals surface area (Å²) in [6.45, 7) is 2.57. The predicted molar refractivity (Wildman–Crippen MR) is 96.4 cm³/mol. The lowest BCUT2D eigenvalue weighted by Crippen LogP contribution is -2.32. The zero-order valence-electron chi connectivity index (χ0n) is 14.4. The molecule has 8 heteroatoms. The van der Waals surface area contributed by atoms with E-state index in [0.717, 1.165) is 51.6 Å². The number of rotatable bonds is 4. The fourth-order valence-electron chi connectivity index (χ4n) is 3.64. The van der Waals surface area contributed by atoms with Crippen molar-refractivity contribution in [3.05, 3.63) is 28.3 Å². The minimum atomic E-state index is -3.71. The van der Waals surface area contributed by atoms with E-state index < -0.39 is 14.9 Å². The second-order valence-electron chi connectivity index (χ2n) is 6.78. The lowest BCUT2D eigenvalue weighted by Gasteiger charge is -2.29. The van der Waals surface area contributed by atoms with E-state index >= 15 is 0 Å². The molecule has 0 aliphatic carbocycles. The van der Waals surface area contributed by atoms with Gasteiger partial charge in [0.15, 0.2) is 0 Å². The van der Waals surface area contributed by atoms with E-state index in [-0.39, 0.29) is 10.6 Å². The van der Waals surface area contributed by atoms with Crippen molar-refractivity contribution >= 4 is 21.4 Å². The van der Waals surface area contributed by atoms with Gasteiger partial charge in [-0.15, -0.1) is 0 Å². The molecule has 0 unspecified atom stereocenters. The first kappa shape index (κ1) is 18.1. The number of nitro groups is 1. The molecule has 1 aromatic carbocycles. The second-order valence-corrected chi connectivity index (χ2v) is 8.68. The van der Waals surface area contributed by atoms with Gasteiger partial charge in [-0.1, -0.05) is 19.3 Å². The second kappa shape index (κ2) is 7.70. The average molecular weight is 367 g/mol. The number of nitro benzene ring substituents is 1. The summed E-state index contributed by atoms with van der Waals surface area (Å²) in [5.41, 5.74) is 0.438. The van der Waals surface area contributed by atoms with Crippen LogP contribution in [0.25, 0.3) is 0 Å². The van der Waals surface area contributed by atoms with E-state index in [1.165, 1.54) is 22.9 Å². The van der Waals surface area contributed by atoms with Crippen LogP contribution >= 0.6 is 0 Å². The monoisotopic (exact) mass is 367 g/mol. The number of anilines is 1. The maximum atomic E-state index is 13.1. The molecule has 0 spiro atoms. The predicted octanol–water partition coefficient (Wildman–Crippen LogP) is 3.15. The third-order valence-electron chi connectivity index (χ3n) is 5.03. The van der Waals surface area contributed by atoms with Crippen LogP contribution in [0.15, 0.2) is 23.1 Å². The van der Waals surface area contributed by atoms with E-state index in [9.17, 15) is 18.5 Å². The third kappa shape index (κ3) is 3.95. The van der Waals surface area contributed by atoms with Gasteiger partial charge in [0.05, 0.1) is 10.6 Å². The van der Waals surface area contributed by atoms with Gasteiger partial charge >= 0.3 is 0 Å². The molecule has 0 radical (unpaired) electrons. The highest BCUT2D eigenvalue weighted by atomic mass is 32.2. The molecule has 0 aromatic heterocycles. The van der Waals surface area contributed by atoms with E-state index in [0.29, 0.717) is 18.8 Å². The van der Waals surface area contributed by atoms with Gasteiger partial charge in [0.25, 0.3) is 5.69 Å². The van der Waals surface area contributed by atoms with Gasteiger partial charge in [-0.2, -0.15) is 4.31 Å². The first-order chi connectivity index (χ1) is 12.0. The first-order valence-corrected chi connectivity index (χ1v) is 10.5. The zero-order chi connectivity index (χ0) is 17.9. The van der Waals surface area contributed by atoms with Gasteiger partial charge < -0.3 is 4.90 Å². The van der Waals surface area contributed by atoms with Crippen molar-refractivity contribution in [3.8, 4) is 0 Å². The molecule has 2 heterocycles. The molecule has 0 atom stereocenters. The van der Waals surface area contributed by atoms with Crippen molar-refractivity contribution in [2.24, 2.45) is 0 Å². The minimum Gasteiger partial charge on any atom is -0.370 e. The van der Waals surface area contributed by atoms with Crippen LogP contribution in [0.5, 0.6) is 0 Å². The molecule has 1 aromatic rings. The highest BCUT2D eigenvalue weighted by molar-refractivity contribution is 7.89. The Morgan fingerprint density at radius 3 is 2.04 bits per heavy atom. The maximum absolute atomic E-state index is 13.1. The summed E-state index contributed by atoms with van der Waals surface area (Å²) in [6, 6.07) is 4.27. The summed E-state index contributed by atoms with van der Waals surface area (Å²) in [7, 11) is -3.71. The molecule has 2 saturated heterocycles. The number of nitrogens with zero attached hydrogens (tertiary/aromatic N) is 3. The minimum absolute atomic E-state index is 0.0872. The summed E-state index contributed by atoms with van der Waals surface area (Å²) in [5, 5.41) is 11.2. The van der Waals surface area contributed by atoms with Crippen molar-refractivity contribution in [1.82, 2.24) is 4.31 Å². The summed E-state index contributed by atoms with van der Waals surface area (Å²) in [4.78, 5) is 12.8. The summed E-state index contributed by atoms with van der Waals surface area (Å²) < 4.78 is 27.7. The molecule has 3 rings (SSSR count). The Morgan fingerprint density at radius 1 is 0.880 bits per heavy atom. The van der Waals surface area contributed by atoms with Crippen LogP contribution in [0.2, 0.25) is 0 Å². The van der Waals surface area contributed by atoms with Gasteiger partial charge in [0, 0.05) is 38.3 Å². The fraction of sp³-hybridized carbons (Fsp3) is 0.647. The lowest BCUT2D eigenvalue weighted by molar-refractivity contribution is -0.385. The van der Waals surface area contributed by atoms with Gasteiger partial charge in [0.1, 0.15) is 4.90 Å². The molecule has 0 amide bonds. The van der Waals surface area contributed by atoms with Crippen LogP contribution < -0.4 is 4.90 Å². The Morgan fingerprint density at radius 2 is 1.44 bits per heavy atom. The number of benzene rings is 1. The summed E-state index contributed by atoms with van der Waals surface area (Å²) >= 11 is 0. The lowest BCUT2D eigenvalue weighted by atomic mass is 10.1. The van der Waals surface area contributed by atoms with Crippen LogP contribution in [0, 0.1) is 10.1 Å². The Bertz CT molecular complexity index is 721. The Kier molecular flexibility index (Phi) is 5.58. The van der Waals surface area contributed by atoms with Gasteiger partial charge in [-0.3, -0.25) is 10.1 Å². The van der Waals surface area contributed by atoms with E-state index in [2.05, 4.69) is 4.90 Å². The van der Waals surface area contributed by atoms with Crippen LogP contribution in [0.4, 0.5) is 11.4 Å². The molecule has 0 bridgehead atoms. The standard InChI is InChI=1S/C17H25N3O4S/c21-20(22)15-8-9-16(18-10-4-2-1-3-5-11-18)17(14-15)25(23,24)19-12-6-7-13-19/h8-9,14H,1-7,10-13H2. The van der Waals surface area contributed by atoms with Crippen LogP contribution in [-0.2, 0) is 10.0 Å². The number of hydrogen-bond acceptors (Lipinski definition) is 5. The number of sulfonamides is 1.